The number of rotatable bonds is 2. The van der Waals surface area contributed by atoms with Crippen molar-refractivity contribution in [2.45, 2.75) is 6.54 Å². The highest BCUT2D eigenvalue weighted by molar-refractivity contribution is 7.13. The Hall–Kier alpha value is -2.37. The Morgan fingerprint density at radius 1 is 1.12 bits per heavy atom. The Bertz CT molecular complexity index is 938. The van der Waals surface area contributed by atoms with Crippen LogP contribution in [0.15, 0.2) is 53.9 Å². The van der Waals surface area contributed by atoms with Crippen molar-refractivity contribution in [3.63, 3.8) is 0 Å². The first-order valence-corrected chi connectivity index (χ1v) is 9.67. The monoisotopic (exact) mass is 383 g/mol. The smallest absolute Gasteiger partial charge is 0.273 e. The molecule has 0 aliphatic carbocycles. The molecule has 0 radical (unpaired) electrons. The summed E-state index contributed by atoms with van der Waals surface area (Å²) in [5.41, 5.74) is 3.82. The van der Waals surface area contributed by atoms with Gasteiger partial charge in [0.05, 0.1) is 0 Å². The van der Waals surface area contributed by atoms with Gasteiger partial charge >= 0.3 is 0 Å². The lowest BCUT2D eigenvalue weighted by molar-refractivity contribution is 0.0747. The number of thiazole rings is 1. The summed E-state index contributed by atoms with van der Waals surface area (Å²) >= 11 is 7.42. The number of fused-ring (bicyclic) bond motifs is 1. The van der Waals surface area contributed by atoms with Gasteiger partial charge < -0.3 is 9.80 Å². The predicted molar refractivity (Wildman–Crippen MR) is 107 cm³/mol. The van der Waals surface area contributed by atoms with Crippen LogP contribution in [0.5, 0.6) is 0 Å². The molecule has 132 valence electrons. The molecule has 0 N–H and O–H groups in total. The van der Waals surface area contributed by atoms with Crippen molar-refractivity contribution in [2.24, 2.45) is 0 Å². The zero-order chi connectivity index (χ0) is 18.1. The quantitative estimate of drug-likeness (QED) is 0.651. The maximum Gasteiger partial charge on any atom is 0.273 e. The number of amides is 1. The van der Waals surface area contributed by atoms with Gasteiger partial charge in [0, 0.05) is 48.3 Å². The standard InChI is InChI=1S/C20H18ClN3OS/c1-23-10-11-24(12-15-4-2-3-5-18(15)23)20(25)17-13-26-19(22-17)14-6-8-16(21)9-7-14/h2-9,13H,10-12H2,1H3. The maximum atomic E-state index is 13.0. The summed E-state index contributed by atoms with van der Waals surface area (Å²) in [6.07, 6.45) is 0. The van der Waals surface area contributed by atoms with E-state index in [1.54, 1.807) is 0 Å². The van der Waals surface area contributed by atoms with Crippen molar-refractivity contribution in [1.82, 2.24) is 9.88 Å². The summed E-state index contributed by atoms with van der Waals surface area (Å²) in [5, 5.41) is 3.36. The molecule has 1 aliphatic rings. The molecule has 0 saturated carbocycles. The molecule has 1 aromatic heterocycles. The lowest BCUT2D eigenvalue weighted by Gasteiger charge is -2.20. The molecule has 0 unspecified atom stereocenters. The first-order valence-electron chi connectivity index (χ1n) is 8.41. The summed E-state index contributed by atoms with van der Waals surface area (Å²) in [4.78, 5) is 21.6. The van der Waals surface area contributed by atoms with Crippen LogP contribution in [0, 0.1) is 0 Å². The number of anilines is 1. The van der Waals surface area contributed by atoms with Gasteiger partial charge in [0.1, 0.15) is 10.7 Å². The minimum atomic E-state index is -0.0217. The van der Waals surface area contributed by atoms with E-state index in [0.29, 0.717) is 23.8 Å². The number of nitrogens with zero attached hydrogens (tertiary/aromatic N) is 3. The lowest BCUT2D eigenvalue weighted by atomic mass is 10.1. The van der Waals surface area contributed by atoms with Crippen molar-refractivity contribution < 1.29 is 4.79 Å². The minimum absolute atomic E-state index is 0.0217. The maximum absolute atomic E-state index is 13.0. The van der Waals surface area contributed by atoms with Crippen molar-refractivity contribution in [3.8, 4) is 10.6 Å². The second-order valence-corrected chi connectivity index (χ2v) is 7.62. The van der Waals surface area contributed by atoms with Gasteiger partial charge in [0.25, 0.3) is 5.91 Å². The summed E-state index contributed by atoms with van der Waals surface area (Å²) in [5.74, 6) is -0.0217. The van der Waals surface area contributed by atoms with E-state index in [9.17, 15) is 4.79 Å². The second-order valence-electron chi connectivity index (χ2n) is 6.32. The molecular formula is C20H18ClN3OS. The van der Waals surface area contributed by atoms with Crippen LogP contribution in [-0.2, 0) is 6.54 Å². The Balaban J connectivity index is 1.57. The SMILES string of the molecule is CN1CCN(C(=O)c2csc(-c3ccc(Cl)cc3)n2)Cc2ccccc21. The molecule has 4 rings (SSSR count). The molecule has 4 nitrogen and oxygen atoms in total. The number of carbonyl (C=O) groups excluding carboxylic acids is 1. The van der Waals surface area contributed by atoms with Crippen LogP contribution in [-0.4, -0.2) is 35.9 Å². The average molecular weight is 384 g/mol. The van der Waals surface area contributed by atoms with E-state index < -0.39 is 0 Å². The van der Waals surface area contributed by atoms with Crippen LogP contribution in [0.3, 0.4) is 0 Å². The molecule has 0 bridgehead atoms. The van der Waals surface area contributed by atoms with Gasteiger partial charge in [-0.05, 0) is 23.8 Å². The second kappa shape index (κ2) is 7.09. The summed E-state index contributed by atoms with van der Waals surface area (Å²) in [6, 6.07) is 15.7. The molecule has 0 spiro atoms. The summed E-state index contributed by atoms with van der Waals surface area (Å²) in [6.45, 7) is 2.09. The largest absolute Gasteiger partial charge is 0.373 e. The number of aromatic nitrogens is 1. The zero-order valence-corrected chi connectivity index (χ0v) is 15.9. The van der Waals surface area contributed by atoms with Gasteiger partial charge in [-0.25, -0.2) is 4.98 Å². The van der Waals surface area contributed by atoms with E-state index in [2.05, 4.69) is 29.1 Å². The van der Waals surface area contributed by atoms with Crippen LogP contribution in [0.1, 0.15) is 16.1 Å². The fraction of sp³-hybridized carbons (Fsp3) is 0.200. The summed E-state index contributed by atoms with van der Waals surface area (Å²) in [7, 11) is 2.06. The number of hydrogen-bond donors (Lipinski definition) is 0. The summed E-state index contributed by atoms with van der Waals surface area (Å²) < 4.78 is 0. The van der Waals surface area contributed by atoms with Gasteiger partial charge in [0.2, 0.25) is 0 Å². The highest BCUT2D eigenvalue weighted by Gasteiger charge is 2.24. The first-order chi connectivity index (χ1) is 12.6. The van der Waals surface area contributed by atoms with Crippen LogP contribution >= 0.6 is 22.9 Å². The number of hydrogen-bond acceptors (Lipinski definition) is 4. The van der Waals surface area contributed by atoms with E-state index in [4.69, 9.17) is 11.6 Å². The number of benzene rings is 2. The molecule has 0 fully saturated rings. The van der Waals surface area contributed by atoms with E-state index in [1.165, 1.54) is 17.0 Å². The van der Waals surface area contributed by atoms with Gasteiger partial charge in [0.15, 0.2) is 0 Å². The lowest BCUT2D eigenvalue weighted by Crippen LogP contribution is -2.34. The molecule has 26 heavy (non-hydrogen) atoms. The normalized spacial score (nSPS) is 14.1. The molecule has 6 heteroatoms. The van der Waals surface area contributed by atoms with Crippen LogP contribution in [0.2, 0.25) is 5.02 Å². The van der Waals surface area contributed by atoms with E-state index in [-0.39, 0.29) is 5.91 Å². The van der Waals surface area contributed by atoms with Gasteiger partial charge in [-0.1, -0.05) is 41.9 Å². The molecule has 0 atom stereocenters. The number of carbonyl (C=O) groups is 1. The Labute approximate surface area is 161 Å². The highest BCUT2D eigenvalue weighted by atomic mass is 35.5. The molecule has 2 heterocycles. The molecule has 2 aromatic carbocycles. The van der Waals surface area contributed by atoms with Crippen LogP contribution in [0.4, 0.5) is 5.69 Å². The van der Waals surface area contributed by atoms with Crippen molar-refractivity contribution in [1.29, 1.82) is 0 Å². The number of halogens is 1. The molecule has 1 amide bonds. The fourth-order valence-corrected chi connectivity index (χ4v) is 4.05. The Morgan fingerprint density at radius 2 is 1.88 bits per heavy atom. The average Bonchev–Trinajstić information content (AvgIpc) is 3.08. The number of likely N-dealkylation sites (N-methyl/N-ethyl adjacent to an activating group) is 1. The van der Waals surface area contributed by atoms with E-state index >= 15 is 0 Å². The van der Waals surface area contributed by atoms with Crippen LogP contribution < -0.4 is 4.90 Å². The van der Waals surface area contributed by atoms with E-state index in [1.807, 2.05) is 46.7 Å². The molecular weight excluding hydrogens is 366 g/mol. The zero-order valence-electron chi connectivity index (χ0n) is 14.4. The van der Waals surface area contributed by atoms with E-state index in [0.717, 1.165) is 22.7 Å². The van der Waals surface area contributed by atoms with Gasteiger partial charge in [-0.2, -0.15) is 0 Å². The third kappa shape index (κ3) is 3.32. The first kappa shape index (κ1) is 17.1. The Morgan fingerprint density at radius 3 is 2.69 bits per heavy atom. The van der Waals surface area contributed by atoms with Crippen molar-refractivity contribution in [2.75, 3.05) is 25.0 Å². The molecule has 1 aliphatic heterocycles. The van der Waals surface area contributed by atoms with Gasteiger partial charge in [-0.3, -0.25) is 4.79 Å². The van der Waals surface area contributed by atoms with Crippen molar-refractivity contribution >= 4 is 34.5 Å². The Kier molecular flexibility index (Phi) is 4.66. The third-order valence-electron chi connectivity index (χ3n) is 4.57. The molecule has 3 aromatic rings. The van der Waals surface area contributed by atoms with Gasteiger partial charge in [-0.15, -0.1) is 11.3 Å². The topological polar surface area (TPSA) is 36.4 Å². The van der Waals surface area contributed by atoms with Crippen molar-refractivity contribution in [3.05, 3.63) is 70.2 Å². The fourth-order valence-electron chi connectivity index (χ4n) is 3.13. The molecule has 0 saturated heterocycles. The predicted octanol–water partition coefficient (Wildman–Crippen LogP) is 4.56. The number of para-hydroxylation sites is 1. The highest BCUT2D eigenvalue weighted by Crippen LogP contribution is 2.27. The van der Waals surface area contributed by atoms with Crippen LogP contribution in [0.25, 0.3) is 10.6 Å². The minimum Gasteiger partial charge on any atom is -0.373 e. The third-order valence-corrected chi connectivity index (χ3v) is 5.71.